The number of nitrogens with zero attached hydrogens (tertiary/aromatic N) is 1. The highest BCUT2D eigenvalue weighted by atomic mass is 32.2. The number of methoxy groups -OCH3 is 2. The van der Waals surface area contributed by atoms with E-state index in [2.05, 4.69) is 15.3 Å². The van der Waals surface area contributed by atoms with Crippen LogP contribution in [-0.4, -0.2) is 42.4 Å². The largest absolute Gasteiger partial charge is 0.493 e. The summed E-state index contributed by atoms with van der Waals surface area (Å²) in [5, 5.41) is 3.98. The van der Waals surface area contributed by atoms with E-state index in [1.165, 1.54) is 23.1 Å². The first-order valence-corrected chi connectivity index (χ1v) is 10.8. The number of amides is 1. The predicted octanol–water partition coefficient (Wildman–Crippen LogP) is 3.07. The fraction of sp³-hybridized carbons (Fsp3) is 0.350. The van der Waals surface area contributed by atoms with Gasteiger partial charge in [-0.2, -0.15) is 0 Å². The Morgan fingerprint density at radius 2 is 2.00 bits per heavy atom. The number of fused-ring (bicyclic) bond motifs is 1. The lowest BCUT2D eigenvalue weighted by atomic mass is 10.1. The average molecular weight is 434 g/mol. The molecule has 0 aliphatic heterocycles. The van der Waals surface area contributed by atoms with Gasteiger partial charge < -0.3 is 19.8 Å². The normalized spacial score (nSPS) is 10.9. The first-order valence-electron chi connectivity index (χ1n) is 9.03. The monoisotopic (exact) mass is 433 g/mol. The molecular weight excluding hydrogens is 410 g/mol. The zero-order valence-corrected chi connectivity index (χ0v) is 18.4. The summed E-state index contributed by atoms with van der Waals surface area (Å²) >= 11 is 2.72. The van der Waals surface area contributed by atoms with Crippen LogP contribution in [0.3, 0.4) is 0 Å². The van der Waals surface area contributed by atoms with Gasteiger partial charge in [0.05, 0.1) is 25.4 Å². The van der Waals surface area contributed by atoms with E-state index in [0.29, 0.717) is 39.8 Å². The number of thioether (sulfide) groups is 1. The van der Waals surface area contributed by atoms with Crippen molar-refractivity contribution >= 4 is 39.2 Å². The number of aromatic amines is 1. The molecule has 0 radical (unpaired) electrons. The van der Waals surface area contributed by atoms with Crippen LogP contribution in [0, 0.1) is 13.8 Å². The highest BCUT2D eigenvalue weighted by Gasteiger charge is 2.13. The third-order valence-corrected chi connectivity index (χ3v) is 6.52. The third-order valence-electron chi connectivity index (χ3n) is 4.54. The number of carbonyl (C=O) groups is 1. The van der Waals surface area contributed by atoms with Crippen molar-refractivity contribution in [3.05, 3.63) is 44.6 Å². The van der Waals surface area contributed by atoms with E-state index >= 15 is 0 Å². The fourth-order valence-electron chi connectivity index (χ4n) is 2.87. The van der Waals surface area contributed by atoms with E-state index < -0.39 is 0 Å². The molecule has 3 aromatic rings. The summed E-state index contributed by atoms with van der Waals surface area (Å²) in [6.45, 7) is 4.39. The Kier molecular flexibility index (Phi) is 6.81. The number of benzene rings is 1. The Morgan fingerprint density at radius 3 is 2.72 bits per heavy atom. The molecular formula is C20H23N3O4S2. The quantitative estimate of drug-likeness (QED) is 0.419. The lowest BCUT2D eigenvalue weighted by Gasteiger charge is -2.10. The van der Waals surface area contributed by atoms with Crippen molar-refractivity contribution < 1.29 is 14.3 Å². The number of hydrogen-bond donors (Lipinski definition) is 2. The Balaban J connectivity index is 1.53. The van der Waals surface area contributed by atoms with Gasteiger partial charge in [-0.05, 0) is 43.5 Å². The summed E-state index contributed by atoms with van der Waals surface area (Å²) in [6.07, 6.45) is 0.672. The molecule has 0 fully saturated rings. The number of aromatic nitrogens is 2. The van der Waals surface area contributed by atoms with Gasteiger partial charge in [0.1, 0.15) is 4.83 Å². The minimum absolute atomic E-state index is 0.114. The molecule has 1 amide bonds. The molecule has 2 N–H and O–H groups in total. The van der Waals surface area contributed by atoms with E-state index in [4.69, 9.17) is 9.47 Å². The predicted molar refractivity (Wildman–Crippen MR) is 117 cm³/mol. The summed E-state index contributed by atoms with van der Waals surface area (Å²) in [5.74, 6) is 1.41. The Bertz CT molecular complexity index is 1090. The molecule has 0 atom stereocenters. The van der Waals surface area contributed by atoms with Crippen LogP contribution in [0.25, 0.3) is 10.2 Å². The van der Waals surface area contributed by atoms with Crippen molar-refractivity contribution in [3.8, 4) is 11.5 Å². The van der Waals surface area contributed by atoms with Gasteiger partial charge in [0.25, 0.3) is 5.56 Å². The van der Waals surface area contributed by atoms with Gasteiger partial charge >= 0.3 is 0 Å². The standard InChI is InChI=1S/C20H23N3O4S2/c1-11-12(2)29-19-17(11)18(25)22-20(23-19)28-10-16(24)21-8-7-13-5-6-14(26-3)15(9-13)27-4/h5-6,9H,7-8,10H2,1-4H3,(H,21,24)(H,22,23,25). The second-order valence-electron chi connectivity index (χ2n) is 6.41. The number of rotatable bonds is 8. The first-order chi connectivity index (χ1) is 13.9. The molecule has 0 unspecified atom stereocenters. The second kappa shape index (κ2) is 9.32. The van der Waals surface area contributed by atoms with Crippen molar-refractivity contribution in [1.82, 2.24) is 15.3 Å². The number of H-pyrrole nitrogens is 1. The van der Waals surface area contributed by atoms with Crippen LogP contribution in [0.4, 0.5) is 0 Å². The number of thiophene rings is 1. The van der Waals surface area contributed by atoms with Crippen LogP contribution in [0.15, 0.2) is 28.2 Å². The fourth-order valence-corrected chi connectivity index (χ4v) is 4.65. The van der Waals surface area contributed by atoms with Crippen LogP contribution in [-0.2, 0) is 11.2 Å². The average Bonchev–Trinajstić information content (AvgIpc) is 3.00. The smallest absolute Gasteiger partial charge is 0.260 e. The maximum Gasteiger partial charge on any atom is 0.260 e. The third kappa shape index (κ3) is 4.91. The first kappa shape index (κ1) is 21.2. The Labute approximate surface area is 176 Å². The Morgan fingerprint density at radius 1 is 1.24 bits per heavy atom. The van der Waals surface area contributed by atoms with Crippen LogP contribution in [0.2, 0.25) is 0 Å². The van der Waals surface area contributed by atoms with Crippen LogP contribution in [0.5, 0.6) is 11.5 Å². The number of aryl methyl sites for hydroxylation is 2. The molecule has 0 bridgehead atoms. The van der Waals surface area contributed by atoms with Crippen LogP contribution >= 0.6 is 23.1 Å². The molecule has 154 valence electrons. The van der Waals surface area contributed by atoms with Crippen molar-refractivity contribution in [3.63, 3.8) is 0 Å². The van der Waals surface area contributed by atoms with Crippen molar-refractivity contribution in [2.75, 3.05) is 26.5 Å². The van der Waals surface area contributed by atoms with Crippen molar-refractivity contribution in [2.24, 2.45) is 0 Å². The summed E-state index contributed by atoms with van der Waals surface area (Å²) < 4.78 is 10.5. The van der Waals surface area contributed by atoms with E-state index in [0.717, 1.165) is 16.0 Å². The molecule has 0 aliphatic carbocycles. The van der Waals surface area contributed by atoms with Gasteiger partial charge in [0.2, 0.25) is 5.91 Å². The van der Waals surface area contributed by atoms with Gasteiger partial charge in [-0.3, -0.25) is 9.59 Å². The molecule has 0 saturated carbocycles. The minimum Gasteiger partial charge on any atom is -0.493 e. The number of nitrogens with one attached hydrogen (secondary N) is 2. The topological polar surface area (TPSA) is 93.3 Å². The van der Waals surface area contributed by atoms with Gasteiger partial charge in [-0.15, -0.1) is 11.3 Å². The number of carbonyl (C=O) groups excluding carboxylic acids is 1. The lowest BCUT2D eigenvalue weighted by molar-refractivity contribution is -0.118. The lowest BCUT2D eigenvalue weighted by Crippen LogP contribution is -2.27. The molecule has 9 heteroatoms. The summed E-state index contributed by atoms with van der Waals surface area (Å²) in [5.41, 5.74) is 1.84. The van der Waals surface area contributed by atoms with Crippen LogP contribution < -0.4 is 20.3 Å². The van der Waals surface area contributed by atoms with E-state index in [1.54, 1.807) is 14.2 Å². The SMILES string of the molecule is COc1ccc(CCNC(=O)CSc2nc3sc(C)c(C)c3c(=O)[nH]2)cc1OC. The molecule has 7 nitrogen and oxygen atoms in total. The van der Waals surface area contributed by atoms with Gasteiger partial charge in [-0.25, -0.2) is 4.98 Å². The van der Waals surface area contributed by atoms with Crippen molar-refractivity contribution in [1.29, 1.82) is 0 Å². The zero-order valence-electron chi connectivity index (χ0n) is 16.8. The van der Waals surface area contributed by atoms with Crippen molar-refractivity contribution in [2.45, 2.75) is 25.4 Å². The summed E-state index contributed by atoms with van der Waals surface area (Å²) in [7, 11) is 3.19. The van der Waals surface area contributed by atoms with Gasteiger partial charge in [0.15, 0.2) is 16.7 Å². The van der Waals surface area contributed by atoms with Gasteiger partial charge in [-0.1, -0.05) is 17.8 Å². The highest BCUT2D eigenvalue weighted by Crippen LogP contribution is 2.28. The summed E-state index contributed by atoms with van der Waals surface area (Å²) in [4.78, 5) is 33.4. The molecule has 29 heavy (non-hydrogen) atoms. The number of ether oxygens (including phenoxy) is 2. The number of hydrogen-bond acceptors (Lipinski definition) is 7. The zero-order chi connectivity index (χ0) is 21.0. The second-order valence-corrected chi connectivity index (χ2v) is 8.58. The van der Waals surface area contributed by atoms with E-state index in [1.807, 2.05) is 32.0 Å². The Hall–Kier alpha value is -2.52. The van der Waals surface area contributed by atoms with Crippen LogP contribution in [0.1, 0.15) is 16.0 Å². The van der Waals surface area contributed by atoms with E-state index in [9.17, 15) is 9.59 Å². The molecule has 3 rings (SSSR count). The highest BCUT2D eigenvalue weighted by molar-refractivity contribution is 7.99. The molecule has 1 aromatic carbocycles. The van der Waals surface area contributed by atoms with E-state index in [-0.39, 0.29) is 17.2 Å². The summed E-state index contributed by atoms with van der Waals surface area (Å²) in [6, 6.07) is 5.68. The minimum atomic E-state index is -0.159. The molecule has 0 saturated heterocycles. The maximum absolute atomic E-state index is 12.3. The molecule has 0 spiro atoms. The maximum atomic E-state index is 12.3. The molecule has 2 aromatic heterocycles. The molecule has 0 aliphatic rings. The van der Waals surface area contributed by atoms with Gasteiger partial charge in [0, 0.05) is 11.4 Å². The molecule has 2 heterocycles.